The van der Waals surface area contributed by atoms with Crippen LogP contribution in [0.1, 0.15) is 33.1 Å². The predicted molar refractivity (Wildman–Crippen MR) is 49.6 cm³/mol. The Hall–Kier alpha value is -0.300. The normalized spacial score (nSPS) is 24.7. The second-order valence-electron chi connectivity index (χ2n) is 3.30. The minimum Gasteiger partial charge on any atom is -0.313 e. The molecule has 0 radical (unpaired) electrons. The lowest BCUT2D eigenvalue weighted by Gasteiger charge is -2.28. The van der Waals surface area contributed by atoms with Crippen molar-refractivity contribution in [1.82, 2.24) is 5.32 Å². The fraction of sp³-hybridized carbons (Fsp3) is 0.800. The Kier molecular flexibility index (Phi) is 3.64. The van der Waals surface area contributed by atoms with E-state index in [4.69, 9.17) is 0 Å². The summed E-state index contributed by atoms with van der Waals surface area (Å²) in [6.45, 7) is 5.65. The summed E-state index contributed by atoms with van der Waals surface area (Å²) in [4.78, 5) is 0. The molecule has 0 fully saturated rings. The highest BCUT2D eigenvalue weighted by Crippen LogP contribution is 2.22. The van der Waals surface area contributed by atoms with E-state index in [1.807, 2.05) is 0 Å². The molecule has 0 saturated carbocycles. The van der Waals surface area contributed by atoms with Crippen molar-refractivity contribution in [2.75, 3.05) is 6.54 Å². The van der Waals surface area contributed by atoms with Crippen molar-refractivity contribution in [3.05, 3.63) is 12.2 Å². The highest BCUT2D eigenvalue weighted by atomic mass is 14.9. The van der Waals surface area contributed by atoms with Crippen molar-refractivity contribution in [2.24, 2.45) is 5.92 Å². The molecule has 2 unspecified atom stereocenters. The monoisotopic (exact) mass is 153 g/mol. The maximum absolute atomic E-state index is 3.57. The number of hydrogen-bond acceptors (Lipinski definition) is 1. The molecule has 0 heterocycles. The minimum absolute atomic E-state index is 0.736. The number of rotatable bonds is 5. The van der Waals surface area contributed by atoms with Crippen LogP contribution < -0.4 is 5.32 Å². The fourth-order valence-corrected chi connectivity index (χ4v) is 1.52. The van der Waals surface area contributed by atoms with Gasteiger partial charge in [0.1, 0.15) is 0 Å². The van der Waals surface area contributed by atoms with Gasteiger partial charge in [-0.15, -0.1) is 0 Å². The van der Waals surface area contributed by atoms with Crippen LogP contribution in [0.5, 0.6) is 0 Å². The highest BCUT2D eigenvalue weighted by Gasteiger charge is 2.19. The van der Waals surface area contributed by atoms with Gasteiger partial charge in [-0.3, -0.25) is 0 Å². The van der Waals surface area contributed by atoms with Crippen LogP contribution in [0.15, 0.2) is 12.2 Å². The maximum Gasteiger partial charge on any atom is 0.0130 e. The molecule has 1 aliphatic rings. The summed E-state index contributed by atoms with van der Waals surface area (Å²) in [5.74, 6) is 0.826. The minimum atomic E-state index is 0.736. The van der Waals surface area contributed by atoms with Gasteiger partial charge in [-0.1, -0.05) is 26.0 Å². The Balaban J connectivity index is 2.19. The first kappa shape index (κ1) is 8.79. The molecule has 1 heteroatoms. The first-order valence-electron chi connectivity index (χ1n) is 4.78. The average Bonchev–Trinajstić information content (AvgIpc) is 1.93. The third-order valence-electron chi connectivity index (χ3n) is 2.40. The zero-order valence-corrected chi connectivity index (χ0v) is 7.64. The molecular weight excluding hydrogens is 134 g/mol. The molecule has 1 rings (SSSR count). The molecule has 0 aromatic heterocycles. The van der Waals surface area contributed by atoms with Crippen LogP contribution >= 0.6 is 0 Å². The van der Waals surface area contributed by atoms with Gasteiger partial charge in [0.15, 0.2) is 0 Å². The van der Waals surface area contributed by atoms with Crippen molar-refractivity contribution in [3.8, 4) is 0 Å². The molecule has 1 aliphatic carbocycles. The van der Waals surface area contributed by atoms with E-state index in [-0.39, 0.29) is 0 Å². The second-order valence-corrected chi connectivity index (χ2v) is 3.30. The summed E-state index contributed by atoms with van der Waals surface area (Å²) in [5.41, 5.74) is 0. The molecule has 64 valence electrons. The van der Waals surface area contributed by atoms with Crippen molar-refractivity contribution in [3.63, 3.8) is 0 Å². The van der Waals surface area contributed by atoms with E-state index in [0.717, 1.165) is 12.0 Å². The Morgan fingerprint density at radius 1 is 1.55 bits per heavy atom. The van der Waals surface area contributed by atoms with Crippen molar-refractivity contribution < 1.29 is 0 Å². The lowest BCUT2D eigenvalue weighted by atomic mass is 9.86. The van der Waals surface area contributed by atoms with E-state index < -0.39 is 0 Å². The van der Waals surface area contributed by atoms with Crippen LogP contribution in [-0.4, -0.2) is 12.6 Å². The third kappa shape index (κ3) is 2.33. The van der Waals surface area contributed by atoms with Gasteiger partial charge in [0.05, 0.1) is 0 Å². The lowest BCUT2D eigenvalue weighted by Crippen LogP contribution is -2.37. The maximum atomic E-state index is 3.57. The van der Waals surface area contributed by atoms with Crippen LogP contribution in [-0.2, 0) is 0 Å². The summed E-state index contributed by atoms with van der Waals surface area (Å²) >= 11 is 0. The van der Waals surface area contributed by atoms with E-state index in [2.05, 4.69) is 31.3 Å². The zero-order chi connectivity index (χ0) is 8.10. The topological polar surface area (TPSA) is 12.0 Å². The largest absolute Gasteiger partial charge is 0.313 e. The molecule has 1 nitrogen and oxygen atoms in total. The molecule has 0 spiro atoms. The molecule has 0 amide bonds. The van der Waals surface area contributed by atoms with Crippen LogP contribution in [0, 0.1) is 5.92 Å². The van der Waals surface area contributed by atoms with Gasteiger partial charge in [0, 0.05) is 6.04 Å². The SMILES string of the molecule is CCCNC(CC)C1C=CC1. The first-order chi connectivity index (χ1) is 5.38. The molecule has 0 aliphatic heterocycles. The zero-order valence-electron chi connectivity index (χ0n) is 7.64. The highest BCUT2D eigenvalue weighted by molar-refractivity contribution is 5.06. The second kappa shape index (κ2) is 4.55. The first-order valence-corrected chi connectivity index (χ1v) is 4.78. The van der Waals surface area contributed by atoms with Gasteiger partial charge in [-0.05, 0) is 31.7 Å². The number of nitrogens with one attached hydrogen (secondary N) is 1. The number of allylic oxidation sites excluding steroid dienone is 1. The Bertz CT molecular complexity index is 129. The Morgan fingerprint density at radius 2 is 2.27 bits per heavy atom. The smallest absolute Gasteiger partial charge is 0.0130 e. The number of hydrogen-bond donors (Lipinski definition) is 1. The lowest BCUT2D eigenvalue weighted by molar-refractivity contribution is 0.380. The van der Waals surface area contributed by atoms with Gasteiger partial charge in [-0.2, -0.15) is 0 Å². The van der Waals surface area contributed by atoms with Crippen molar-refractivity contribution in [2.45, 2.75) is 39.2 Å². The molecule has 0 bridgehead atoms. The molecule has 0 aromatic carbocycles. The van der Waals surface area contributed by atoms with Crippen LogP contribution in [0.4, 0.5) is 0 Å². The Morgan fingerprint density at radius 3 is 2.64 bits per heavy atom. The van der Waals surface area contributed by atoms with Gasteiger partial charge in [-0.25, -0.2) is 0 Å². The summed E-state index contributed by atoms with van der Waals surface area (Å²) < 4.78 is 0. The fourth-order valence-electron chi connectivity index (χ4n) is 1.52. The van der Waals surface area contributed by atoms with Gasteiger partial charge < -0.3 is 5.32 Å². The van der Waals surface area contributed by atoms with Crippen molar-refractivity contribution >= 4 is 0 Å². The van der Waals surface area contributed by atoms with Gasteiger partial charge in [0.25, 0.3) is 0 Å². The summed E-state index contributed by atoms with van der Waals surface area (Å²) in [6, 6.07) is 0.736. The van der Waals surface area contributed by atoms with Crippen LogP contribution in [0.2, 0.25) is 0 Å². The van der Waals surface area contributed by atoms with Crippen LogP contribution in [0.25, 0.3) is 0 Å². The van der Waals surface area contributed by atoms with Crippen molar-refractivity contribution in [1.29, 1.82) is 0 Å². The van der Waals surface area contributed by atoms with Gasteiger partial charge in [0.2, 0.25) is 0 Å². The predicted octanol–water partition coefficient (Wildman–Crippen LogP) is 2.34. The quantitative estimate of drug-likeness (QED) is 0.598. The summed E-state index contributed by atoms with van der Waals surface area (Å²) in [7, 11) is 0. The Labute approximate surface area is 69.9 Å². The van der Waals surface area contributed by atoms with E-state index >= 15 is 0 Å². The third-order valence-corrected chi connectivity index (χ3v) is 2.40. The van der Waals surface area contributed by atoms with E-state index in [1.165, 1.54) is 25.8 Å². The standard InChI is InChI=1S/C10H19N/c1-3-8-11-10(4-2)9-6-5-7-9/h5-6,9-11H,3-4,7-8H2,1-2H3. The molecule has 11 heavy (non-hydrogen) atoms. The molecule has 0 saturated heterocycles. The average molecular weight is 153 g/mol. The molecule has 0 aromatic rings. The molecule has 2 atom stereocenters. The summed E-state index contributed by atoms with van der Waals surface area (Å²) in [6.07, 6.45) is 8.38. The molecule has 1 N–H and O–H groups in total. The van der Waals surface area contributed by atoms with E-state index in [0.29, 0.717) is 0 Å². The van der Waals surface area contributed by atoms with E-state index in [9.17, 15) is 0 Å². The molecular formula is C10H19N. The van der Waals surface area contributed by atoms with E-state index in [1.54, 1.807) is 0 Å². The van der Waals surface area contributed by atoms with Gasteiger partial charge >= 0.3 is 0 Å². The van der Waals surface area contributed by atoms with Crippen LogP contribution in [0.3, 0.4) is 0 Å². The summed E-state index contributed by atoms with van der Waals surface area (Å²) in [5, 5.41) is 3.57.